The molecule has 0 N–H and O–H groups in total. The molecule has 100 valence electrons. The van der Waals surface area contributed by atoms with Crippen LogP contribution in [0.25, 0.3) is 0 Å². The molecular weight excluding hydrogens is 257 g/mol. The highest BCUT2D eigenvalue weighted by Crippen LogP contribution is 2.33. The summed E-state index contributed by atoms with van der Waals surface area (Å²) in [7, 11) is 0. The molecule has 1 atom stereocenters. The average Bonchev–Trinajstić information content (AvgIpc) is 2.73. The number of halogens is 3. The second kappa shape index (κ2) is 4.36. The number of carbonyl (C=O) groups is 1. The molecular formula is C13H11F3N2O. The fourth-order valence-corrected chi connectivity index (χ4v) is 2.56. The van der Waals surface area contributed by atoms with Crippen molar-refractivity contribution in [2.75, 3.05) is 5.01 Å². The van der Waals surface area contributed by atoms with Gasteiger partial charge in [0.25, 0.3) is 5.91 Å². The summed E-state index contributed by atoms with van der Waals surface area (Å²) in [6, 6.07) is 1.58. The predicted octanol–water partition coefficient (Wildman–Crippen LogP) is 3.00. The Morgan fingerprint density at radius 2 is 1.84 bits per heavy atom. The van der Waals surface area contributed by atoms with Gasteiger partial charge < -0.3 is 0 Å². The number of rotatable bonds is 1. The number of anilines is 1. The molecule has 0 saturated heterocycles. The van der Waals surface area contributed by atoms with Crippen LogP contribution in [-0.4, -0.2) is 11.6 Å². The van der Waals surface area contributed by atoms with Gasteiger partial charge in [0.2, 0.25) is 0 Å². The van der Waals surface area contributed by atoms with Gasteiger partial charge in [0, 0.05) is 12.1 Å². The van der Waals surface area contributed by atoms with Gasteiger partial charge in [-0.05, 0) is 19.3 Å². The summed E-state index contributed by atoms with van der Waals surface area (Å²) in [5, 5.41) is 5.10. The van der Waals surface area contributed by atoms with Crippen molar-refractivity contribution >= 4 is 17.3 Å². The topological polar surface area (TPSA) is 32.7 Å². The van der Waals surface area contributed by atoms with E-state index < -0.39 is 17.5 Å². The van der Waals surface area contributed by atoms with E-state index in [2.05, 4.69) is 5.10 Å². The summed E-state index contributed by atoms with van der Waals surface area (Å²) >= 11 is 0. The van der Waals surface area contributed by atoms with Gasteiger partial charge in [-0.1, -0.05) is 6.42 Å². The monoisotopic (exact) mass is 268 g/mol. The number of fused-ring (bicyclic) bond motifs is 1. The lowest BCUT2D eigenvalue weighted by Crippen LogP contribution is -2.29. The van der Waals surface area contributed by atoms with Crippen molar-refractivity contribution in [3.05, 3.63) is 29.6 Å². The minimum Gasteiger partial charge on any atom is -0.272 e. The zero-order valence-electron chi connectivity index (χ0n) is 10.00. The Labute approximate surface area is 107 Å². The van der Waals surface area contributed by atoms with Gasteiger partial charge in [-0.15, -0.1) is 0 Å². The first-order chi connectivity index (χ1) is 9.08. The van der Waals surface area contributed by atoms with E-state index >= 15 is 0 Å². The Hall–Kier alpha value is -1.85. The van der Waals surface area contributed by atoms with Crippen LogP contribution in [0.1, 0.15) is 25.7 Å². The van der Waals surface area contributed by atoms with E-state index in [1.165, 1.54) is 0 Å². The van der Waals surface area contributed by atoms with Crippen molar-refractivity contribution in [1.29, 1.82) is 0 Å². The highest BCUT2D eigenvalue weighted by Gasteiger charge is 2.38. The summed E-state index contributed by atoms with van der Waals surface area (Å²) < 4.78 is 39.3. The van der Waals surface area contributed by atoms with Gasteiger partial charge in [0.15, 0.2) is 17.5 Å². The third-order valence-electron chi connectivity index (χ3n) is 3.53. The van der Waals surface area contributed by atoms with Crippen molar-refractivity contribution in [1.82, 2.24) is 0 Å². The highest BCUT2D eigenvalue weighted by molar-refractivity contribution is 6.15. The normalized spacial score (nSPS) is 22.5. The van der Waals surface area contributed by atoms with Gasteiger partial charge in [-0.2, -0.15) is 5.10 Å². The Morgan fingerprint density at radius 1 is 1.16 bits per heavy atom. The maximum absolute atomic E-state index is 13.2. The van der Waals surface area contributed by atoms with E-state index in [0.29, 0.717) is 6.42 Å². The molecule has 1 amide bonds. The highest BCUT2D eigenvalue weighted by atomic mass is 19.2. The zero-order chi connectivity index (χ0) is 13.6. The predicted molar refractivity (Wildman–Crippen MR) is 63.2 cm³/mol. The number of benzene rings is 1. The van der Waals surface area contributed by atoms with Gasteiger partial charge in [0.1, 0.15) is 0 Å². The Bertz CT molecular complexity index is 562. The van der Waals surface area contributed by atoms with E-state index in [1.807, 2.05) is 0 Å². The molecule has 1 aromatic rings. The SMILES string of the molecule is O=C1C2CCCCC2=NN1c1cc(F)c(F)c(F)c1. The Kier molecular flexibility index (Phi) is 2.80. The third-order valence-corrected chi connectivity index (χ3v) is 3.53. The fourth-order valence-electron chi connectivity index (χ4n) is 2.56. The first-order valence-electron chi connectivity index (χ1n) is 6.14. The van der Waals surface area contributed by atoms with Crippen molar-refractivity contribution < 1.29 is 18.0 Å². The first kappa shape index (κ1) is 12.2. The van der Waals surface area contributed by atoms with E-state index in [9.17, 15) is 18.0 Å². The average molecular weight is 268 g/mol. The van der Waals surface area contributed by atoms with Gasteiger partial charge in [0.05, 0.1) is 17.3 Å². The summed E-state index contributed by atoms with van der Waals surface area (Å²) in [4.78, 5) is 12.1. The van der Waals surface area contributed by atoms with Crippen LogP contribution in [0.4, 0.5) is 18.9 Å². The summed E-state index contributed by atoms with van der Waals surface area (Å²) in [6.07, 6.45) is 3.33. The van der Waals surface area contributed by atoms with Crippen LogP contribution in [0.3, 0.4) is 0 Å². The molecule has 1 aliphatic carbocycles. The molecule has 1 aromatic carbocycles. The van der Waals surface area contributed by atoms with Crippen molar-refractivity contribution in [2.45, 2.75) is 25.7 Å². The molecule has 19 heavy (non-hydrogen) atoms. The maximum Gasteiger partial charge on any atom is 0.256 e. The number of hydrazone groups is 1. The van der Waals surface area contributed by atoms with Crippen LogP contribution >= 0.6 is 0 Å². The molecule has 6 heteroatoms. The molecule has 1 aliphatic heterocycles. The van der Waals surface area contributed by atoms with Crippen LogP contribution < -0.4 is 5.01 Å². The maximum atomic E-state index is 13.2. The molecule has 1 unspecified atom stereocenters. The van der Waals surface area contributed by atoms with Crippen molar-refractivity contribution in [2.24, 2.45) is 11.0 Å². The molecule has 1 fully saturated rings. The number of hydrogen-bond donors (Lipinski definition) is 0. The minimum atomic E-state index is -1.54. The fraction of sp³-hybridized carbons (Fsp3) is 0.385. The molecule has 3 rings (SSSR count). The summed E-state index contributed by atoms with van der Waals surface area (Å²) in [5.41, 5.74) is 0.685. The van der Waals surface area contributed by atoms with Crippen molar-refractivity contribution in [3.8, 4) is 0 Å². The molecule has 0 radical (unpaired) electrons. The van der Waals surface area contributed by atoms with Gasteiger partial charge >= 0.3 is 0 Å². The van der Waals surface area contributed by atoms with Crippen molar-refractivity contribution in [3.63, 3.8) is 0 Å². The second-order valence-electron chi connectivity index (χ2n) is 4.76. The Morgan fingerprint density at radius 3 is 2.47 bits per heavy atom. The van der Waals surface area contributed by atoms with E-state index in [1.54, 1.807) is 0 Å². The lowest BCUT2D eigenvalue weighted by atomic mass is 9.87. The largest absolute Gasteiger partial charge is 0.272 e. The minimum absolute atomic E-state index is 0.0664. The lowest BCUT2D eigenvalue weighted by Gasteiger charge is -2.17. The molecule has 1 saturated carbocycles. The second-order valence-corrected chi connectivity index (χ2v) is 4.76. The van der Waals surface area contributed by atoms with E-state index in [-0.39, 0.29) is 17.5 Å². The summed E-state index contributed by atoms with van der Waals surface area (Å²) in [5.74, 6) is -4.76. The molecule has 0 aromatic heterocycles. The zero-order valence-corrected chi connectivity index (χ0v) is 10.00. The third kappa shape index (κ3) is 1.91. The number of nitrogens with zero attached hydrogens (tertiary/aromatic N) is 2. The standard InChI is InChI=1S/C13H11F3N2O/c14-9-5-7(6-10(15)12(9)16)18-13(19)8-3-1-2-4-11(8)17-18/h5-6,8H,1-4H2. The molecule has 3 nitrogen and oxygen atoms in total. The van der Waals surface area contributed by atoms with E-state index in [0.717, 1.165) is 42.1 Å². The first-order valence-corrected chi connectivity index (χ1v) is 6.14. The van der Waals surface area contributed by atoms with Gasteiger partial charge in [-0.25, -0.2) is 18.2 Å². The quantitative estimate of drug-likeness (QED) is 0.721. The number of amides is 1. The van der Waals surface area contributed by atoms with Crippen LogP contribution in [-0.2, 0) is 4.79 Å². The molecule has 0 spiro atoms. The summed E-state index contributed by atoms with van der Waals surface area (Å²) in [6.45, 7) is 0. The van der Waals surface area contributed by atoms with Gasteiger partial charge in [-0.3, -0.25) is 4.79 Å². The Balaban J connectivity index is 1.99. The lowest BCUT2D eigenvalue weighted by molar-refractivity contribution is -0.120. The van der Waals surface area contributed by atoms with Crippen LogP contribution in [0.5, 0.6) is 0 Å². The van der Waals surface area contributed by atoms with Crippen LogP contribution in [0.2, 0.25) is 0 Å². The van der Waals surface area contributed by atoms with E-state index in [4.69, 9.17) is 0 Å². The van der Waals surface area contributed by atoms with Crippen LogP contribution in [0.15, 0.2) is 17.2 Å². The smallest absolute Gasteiger partial charge is 0.256 e. The molecule has 1 heterocycles. The number of carbonyl (C=O) groups excluding carboxylic acids is 1. The molecule has 0 bridgehead atoms. The van der Waals surface area contributed by atoms with Crippen LogP contribution in [0, 0.1) is 23.4 Å². The molecule has 2 aliphatic rings. The number of hydrogen-bond acceptors (Lipinski definition) is 2.